The maximum atomic E-state index is 14.4. The second kappa shape index (κ2) is 47.6. The minimum absolute atomic E-state index is 0.000914. The van der Waals surface area contributed by atoms with Gasteiger partial charge in [-0.2, -0.15) is 0 Å². The van der Waals surface area contributed by atoms with Crippen molar-refractivity contribution in [1.29, 1.82) is 0 Å². The molecule has 0 radical (unpaired) electrons. The van der Waals surface area contributed by atoms with Crippen LogP contribution in [0, 0.1) is 65.1 Å². The lowest BCUT2D eigenvalue weighted by atomic mass is 9.78. The molecule has 684 valence electrons. The molecule has 27 nitrogen and oxygen atoms in total. The summed E-state index contributed by atoms with van der Waals surface area (Å²) in [6, 6.07) is -2.27. The fraction of sp³-hybridized carbons (Fsp3) is 0.777. The van der Waals surface area contributed by atoms with E-state index < -0.39 is 168 Å². The summed E-state index contributed by atoms with van der Waals surface area (Å²) in [6.45, 7) is 24.0. The number of carbonyl (C=O) groups excluding carboxylic acids is 9. The van der Waals surface area contributed by atoms with Crippen LogP contribution in [-0.4, -0.2) is 258 Å². The van der Waals surface area contributed by atoms with E-state index in [1.165, 1.54) is 31.1 Å². The maximum Gasteiger partial charge on any atom is 0.329 e. The molecule has 0 aromatic heterocycles. The normalized spacial score (nSPS) is 41.0. The summed E-state index contributed by atoms with van der Waals surface area (Å²) in [5, 5.41) is 67.9. The fourth-order valence-corrected chi connectivity index (χ4v) is 19.5. The standard InChI is InChI=1S/C51H79NO13.C43H69NO12/c1-30-16-12-11-13-17-31(2)42(61-8)28-38-21-19-36(7)51(60,65-38)48(57)49(58)52-23-15-14-18-39(52)50(59)64-43(33(4)26-37-20-22-40(53)44(27-37)62-9)29-41(54)32(3)25-35(6)46(56)47(63-10)45(55)34(5)24-30;1-10-30-18-24(2)17-25(3)19-36(53-8)39-37(54-9)21-27(5)43(51,56-39)40(48)41(49)44-16-12-11-13-31(44)42(50)55-38(28(6)33(46)23-34(30)47)26(4)20-29-14-15-32(45)35(22-29)52-7/h11-13,16-17,25,30,32-34,36-40,42-44,46-47,53,56,60H,14-15,18-24,26-29H2,1-10H3;18,20,25,27-33,35-39,45-46,51H,10-17,19,21-23H2,1-9H3/b13-11+,16-12+,31-17+,35-25+;24-18+,26-20+/t30-,32-,33-,34-,36-,37+,38+,39+,40-,42+,43+,44-,46-,47+,51-;25-,27+,28+,29-,30+,31-,32+,33-,35+,36-,37-,38+,39+,43+/m10/s1. The summed E-state index contributed by atoms with van der Waals surface area (Å²) >= 11 is 0. The molecule has 2 saturated carbocycles. The minimum Gasteiger partial charge on any atom is -0.460 e. The van der Waals surface area contributed by atoms with Gasteiger partial charge in [-0.15, -0.1) is 0 Å². The van der Waals surface area contributed by atoms with Crippen LogP contribution in [0.3, 0.4) is 0 Å². The molecule has 4 bridgehead atoms. The van der Waals surface area contributed by atoms with Gasteiger partial charge in [-0.05, 0) is 202 Å². The van der Waals surface area contributed by atoms with E-state index in [-0.39, 0.29) is 104 Å². The van der Waals surface area contributed by atoms with Gasteiger partial charge < -0.3 is 87.8 Å². The van der Waals surface area contributed by atoms with Crippen molar-refractivity contribution in [1.82, 2.24) is 9.80 Å². The van der Waals surface area contributed by atoms with Crippen molar-refractivity contribution in [2.45, 2.75) is 347 Å². The first-order valence-corrected chi connectivity index (χ1v) is 44.7. The lowest BCUT2D eigenvalue weighted by Gasteiger charge is -2.47. The number of methoxy groups -OCH3 is 6. The van der Waals surface area contributed by atoms with Crippen LogP contribution in [-0.2, 0) is 90.5 Å². The monoisotopic (exact) mass is 1710 g/mol. The highest BCUT2D eigenvalue weighted by atomic mass is 16.7. The van der Waals surface area contributed by atoms with Crippen molar-refractivity contribution >= 4 is 52.7 Å². The zero-order chi connectivity index (χ0) is 89.7. The Morgan fingerprint density at radius 2 is 1.15 bits per heavy atom. The number of ether oxygens (including phenoxy) is 10. The topological polar surface area (TPSA) is 374 Å². The number of cyclic esters (lactones) is 2. The third kappa shape index (κ3) is 26.9. The first-order valence-electron chi connectivity index (χ1n) is 44.7. The number of allylic oxidation sites excluding steroid dienone is 9. The van der Waals surface area contributed by atoms with Crippen molar-refractivity contribution in [3.05, 3.63) is 70.9 Å². The Hall–Kier alpha value is -5.89. The molecule has 6 heterocycles. The molecule has 0 aromatic carbocycles. The second-order valence-corrected chi connectivity index (χ2v) is 36.7. The van der Waals surface area contributed by atoms with Crippen LogP contribution in [0.1, 0.15) is 238 Å². The first-order chi connectivity index (χ1) is 57.2. The largest absolute Gasteiger partial charge is 0.460 e. The summed E-state index contributed by atoms with van der Waals surface area (Å²) in [4.78, 5) is 129. The van der Waals surface area contributed by atoms with Crippen molar-refractivity contribution in [2.75, 3.05) is 55.7 Å². The maximum absolute atomic E-state index is 14.4. The van der Waals surface area contributed by atoms with Crippen LogP contribution in [0.4, 0.5) is 0 Å². The summed E-state index contributed by atoms with van der Waals surface area (Å²) in [5.74, 6) is -15.5. The van der Waals surface area contributed by atoms with E-state index >= 15 is 0 Å². The number of esters is 2. The SMILES string of the molecule is CC[C@@H]1/C=C(\C)C[C@H](C)C[C@H](OC)[C@H]2O[C@@](O)(C(=O)C(=O)N3CCCC[C@H]3C(=O)O[C@H](/C(C)=C/[C@@H]3CC[C@@H](O)[C@H](OC)C3)[C@H](C)[C@@H](O)CC1=O)[C@H](C)C[C@@H]2OC.CO[C@H]1C[C@@H]2CC[C@@H](C)[C@@](O)(O2)C(=O)C(=O)N2CCCC[C@H]2C(=O)O[C@H]([C@H](C)C[C@@H]2CC[C@@H](O)[C@H](OC)C2)CC(=O)[C@H](C)/C=C(\C)[C@@H](O)[C@@H](OC)C(=O)[C@H](C)C[C@H](C)/C=C/C=C/C=C/1C. The number of Topliss-reactive ketones (excluding diaryl/α,β-unsaturated/α-hetero) is 5. The van der Waals surface area contributed by atoms with Crippen molar-refractivity contribution in [3.8, 4) is 0 Å². The van der Waals surface area contributed by atoms with Gasteiger partial charge in [-0.1, -0.05) is 116 Å². The molecular formula is C94H148N2O25. The van der Waals surface area contributed by atoms with Crippen molar-refractivity contribution < 1.29 is 121 Å². The molecule has 2 amide bonds. The molecule has 0 aromatic rings. The Morgan fingerprint density at radius 3 is 1.74 bits per heavy atom. The Labute approximate surface area is 718 Å². The quantitative estimate of drug-likeness (QED) is 0.0600. The van der Waals surface area contributed by atoms with E-state index in [2.05, 4.69) is 6.92 Å². The van der Waals surface area contributed by atoms with Crippen LogP contribution in [0.15, 0.2) is 70.9 Å². The second-order valence-electron chi connectivity index (χ2n) is 36.7. The van der Waals surface area contributed by atoms with Gasteiger partial charge in [0.2, 0.25) is 11.6 Å². The fourth-order valence-electron chi connectivity index (χ4n) is 19.5. The van der Waals surface area contributed by atoms with Crippen LogP contribution in [0.2, 0.25) is 0 Å². The Balaban J connectivity index is 0.000000337. The number of fused-ring (bicyclic) bond motifs is 6. The average Bonchev–Trinajstić information content (AvgIpc) is 0.844. The first kappa shape index (κ1) is 102. The highest BCUT2D eigenvalue weighted by Gasteiger charge is 2.58. The predicted molar refractivity (Wildman–Crippen MR) is 453 cm³/mol. The zero-order valence-corrected chi connectivity index (χ0v) is 75.7. The molecule has 0 spiro atoms. The Bertz CT molecular complexity index is 3640. The molecule has 8 aliphatic rings. The lowest BCUT2D eigenvalue weighted by Crippen LogP contribution is -2.64. The summed E-state index contributed by atoms with van der Waals surface area (Å²) in [7, 11) is 9.15. The number of hydrogen-bond donors (Lipinski definition) is 6. The van der Waals surface area contributed by atoms with Crippen LogP contribution in [0.25, 0.3) is 0 Å². The number of aliphatic hydroxyl groups is 6. The van der Waals surface area contributed by atoms with Gasteiger partial charge in [0, 0.05) is 111 Å². The van der Waals surface area contributed by atoms with E-state index in [4.69, 9.17) is 47.4 Å². The van der Waals surface area contributed by atoms with Gasteiger partial charge >= 0.3 is 11.9 Å². The van der Waals surface area contributed by atoms with Gasteiger partial charge in [0.25, 0.3) is 23.4 Å². The smallest absolute Gasteiger partial charge is 0.329 e. The molecule has 6 fully saturated rings. The van der Waals surface area contributed by atoms with E-state index in [1.807, 2.05) is 91.0 Å². The molecular weight excluding hydrogens is 1560 g/mol. The summed E-state index contributed by atoms with van der Waals surface area (Å²) < 4.78 is 59.1. The van der Waals surface area contributed by atoms with Crippen LogP contribution in [0.5, 0.6) is 0 Å². The number of nitrogens with zero attached hydrogens (tertiary/aromatic N) is 2. The number of rotatable bonds is 12. The molecule has 27 heteroatoms. The third-order valence-corrected chi connectivity index (χ3v) is 27.4. The highest BCUT2D eigenvalue weighted by Crippen LogP contribution is 2.42. The van der Waals surface area contributed by atoms with Gasteiger partial charge in [0.05, 0.1) is 54.9 Å². The van der Waals surface area contributed by atoms with E-state index in [9.17, 15) is 73.8 Å². The van der Waals surface area contributed by atoms with Crippen LogP contribution < -0.4 is 0 Å². The van der Waals surface area contributed by atoms with E-state index in [0.717, 1.165) is 17.6 Å². The Morgan fingerprint density at radius 1 is 0.570 bits per heavy atom. The number of amides is 2. The number of carbonyl (C=O) groups is 9. The van der Waals surface area contributed by atoms with Gasteiger partial charge in [-0.3, -0.25) is 33.6 Å². The zero-order valence-electron chi connectivity index (χ0n) is 75.7. The average molecular weight is 1710 g/mol. The minimum atomic E-state index is -2.50. The van der Waals surface area contributed by atoms with E-state index in [1.54, 1.807) is 62.0 Å². The van der Waals surface area contributed by atoms with Crippen molar-refractivity contribution in [2.24, 2.45) is 65.1 Å². The predicted octanol–water partition coefficient (Wildman–Crippen LogP) is 10.7. The number of ketones is 5. The molecule has 4 saturated heterocycles. The summed E-state index contributed by atoms with van der Waals surface area (Å²) in [6.07, 6.45) is 14.9. The van der Waals surface area contributed by atoms with Crippen LogP contribution >= 0.6 is 0 Å². The van der Waals surface area contributed by atoms with Gasteiger partial charge in [-0.25, -0.2) is 9.59 Å². The molecule has 6 N–H and O–H groups in total. The van der Waals surface area contributed by atoms with Gasteiger partial charge in [0.1, 0.15) is 54.2 Å². The summed E-state index contributed by atoms with van der Waals surface area (Å²) in [5.41, 5.74) is 2.93. The molecule has 29 atom stereocenters. The number of aliphatic hydroxyl groups excluding tert-OH is 4. The molecule has 121 heavy (non-hydrogen) atoms. The molecule has 8 rings (SSSR count). The molecule has 6 aliphatic heterocycles. The lowest BCUT2D eigenvalue weighted by molar-refractivity contribution is -0.302. The number of piperidine rings is 2. The van der Waals surface area contributed by atoms with E-state index in [0.29, 0.717) is 120 Å². The third-order valence-electron chi connectivity index (χ3n) is 27.4. The number of hydrogen-bond acceptors (Lipinski definition) is 25. The molecule has 0 unspecified atom stereocenters. The Kier molecular flexibility index (Phi) is 40.2. The van der Waals surface area contributed by atoms with Crippen molar-refractivity contribution in [3.63, 3.8) is 0 Å². The molecule has 2 aliphatic carbocycles. The highest BCUT2D eigenvalue weighted by molar-refractivity contribution is 6.39. The van der Waals surface area contributed by atoms with Gasteiger partial charge in [0.15, 0.2) is 5.78 Å².